The van der Waals surface area contributed by atoms with E-state index >= 15 is 0 Å². The largest absolute Gasteiger partial charge is 0.356 e. The van der Waals surface area contributed by atoms with Crippen LogP contribution in [0.5, 0.6) is 0 Å². The predicted molar refractivity (Wildman–Crippen MR) is 65.8 cm³/mol. The van der Waals surface area contributed by atoms with Gasteiger partial charge in [0.15, 0.2) is 0 Å². The average Bonchev–Trinajstić information content (AvgIpc) is 2.11. The van der Waals surface area contributed by atoms with Crippen molar-refractivity contribution in [1.82, 2.24) is 5.32 Å². The highest BCUT2D eigenvalue weighted by atomic mass is 16.1. The van der Waals surface area contributed by atoms with Gasteiger partial charge in [0.05, 0.1) is 0 Å². The number of hydrogen-bond donors (Lipinski definition) is 1. The topological polar surface area (TPSA) is 29.1 Å². The quantitative estimate of drug-likeness (QED) is 0.644. The molecule has 0 aliphatic carbocycles. The van der Waals surface area contributed by atoms with Gasteiger partial charge in [0.2, 0.25) is 5.91 Å². The number of amides is 1. The van der Waals surface area contributed by atoms with E-state index in [0.717, 1.165) is 32.2 Å². The first-order chi connectivity index (χ1) is 6.95. The van der Waals surface area contributed by atoms with Gasteiger partial charge in [-0.2, -0.15) is 0 Å². The molecule has 0 aromatic rings. The first-order valence-corrected chi connectivity index (χ1v) is 6.22. The maximum Gasteiger partial charge on any atom is 0.219 e. The molecule has 2 nitrogen and oxygen atoms in total. The van der Waals surface area contributed by atoms with E-state index in [1.807, 2.05) is 0 Å². The van der Waals surface area contributed by atoms with Crippen molar-refractivity contribution in [2.24, 2.45) is 5.41 Å². The molecule has 0 fully saturated rings. The molecule has 90 valence electrons. The van der Waals surface area contributed by atoms with Crippen LogP contribution in [0.3, 0.4) is 0 Å². The van der Waals surface area contributed by atoms with Crippen LogP contribution in [0.15, 0.2) is 0 Å². The van der Waals surface area contributed by atoms with Crippen molar-refractivity contribution in [3.05, 3.63) is 0 Å². The van der Waals surface area contributed by atoms with Crippen LogP contribution in [0.2, 0.25) is 0 Å². The molecule has 0 saturated heterocycles. The van der Waals surface area contributed by atoms with Crippen molar-refractivity contribution in [3.63, 3.8) is 0 Å². The van der Waals surface area contributed by atoms with Crippen LogP contribution in [0, 0.1) is 5.41 Å². The third kappa shape index (κ3) is 11.4. The minimum absolute atomic E-state index is 0.220. The van der Waals surface area contributed by atoms with Gasteiger partial charge in [0, 0.05) is 13.0 Å². The Hall–Kier alpha value is -0.530. The zero-order valence-electron chi connectivity index (χ0n) is 10.9. The molecule has 0 aromatic carbocycles. The Morgan fingerprint density at radius 3 is 2.33 bits per heavy atom. The van der Waals surface area contributed by atoms with E-state index in [2.05, 4.69) is 33.0 Å². The lowest BCUT2D eigenvalue weighted by atomic mass is 9.89. The lowest BCUT2D eigenvalue weighted by Gasteiger charge is -2.17. The Labute approximate surface area is 94.8 Å². The lowest BCUT2D eigenvalue weighted by Crippen LogP contribution is -2.23. The second kappa shape index (κ2) is 7.72. The Bertz CT molecular complexity index is 170. The van der Waals surface area contributed by atoms with Crippen molar-refractivity contribution in [2.45, 2.75) is 66.2 Å². The van der Waals surface area contributed by atoms with E-state index in [0.29, 0.717) is 11.8 Å². The van der Waals surface area contributed by atoms with Crippen molar-refractivity contribution in [3.8, 4) is 0 Å². The fourth-order valence-electron chi connectivity index (χ4n) is 1.43. The van der Waals surface area contributed by atoms with Crippen molar-refractivity contribution < 1.29 is 4.79 Å². The summed E-state index contributed by atoms with van der Waals surface area (Å²) in [5.41, 5.74) is 0.401. The van der Waals surface area contributed by atoms with Gasteiger partial charge in [0.1, 0.15) is 0 Å². The van der Waals surface area contributed by atoms with Gasteiger partial charge in [-0.25, -0.2) is 0 Å². The Balaban J connectivity index is 3.32. The minimum atomic E-state index is 0.220. The number of carbonyl (C=O) groups is 1. The third-order valence-corrected chi connectivity index (χ3v) is 2.43. The molecule has 15 heavy (non-hydrogen) atoms. The van der Waals surface area contributed by atoms with Crippen LogP contribution >= 0.6 is 0 Å². The van der Waals surface area contributed by atoms with Crippen LogP contribution < -0.4 is 5.32 Å². The first-order valence-electron chi connectivity index (χ1n) is 6.22. The summed E-state index contributed by atoms with van der Waals surface area (Å²) in [7, 11) is 0. The van der Waals surface area contributed by atoms with Gasteiger partial charge in [-0.1, -0.05) is 40.5 Å². The lowest BCUT2D eigenvalue weighted by molar-refractivity contribution is -0.121. The van der Waals surface area contributed by atoms with Crippen LogP contribution in [0.4, 0.5) is 0 Å². The fourth-order valence-corrected chi connectivity index (χ4v) is 1.43. The van der Waals surface area contributed by atoms with Gasteiger partial charge in [-0.3, -0.25) is 4.79 Å². The highest BCUT2D eigenvalue weighted by Crippen LogP contribution is 2.21. The van der Waals surface area contributed by atoms with Crippen LogP contribution in [0.1, 0.15) is 66.2 Å². The predicted octanol–water partition coefficient (Wildman–Crippen LogP) is 3.51. The summed E-state index contributed by atoms with van der Waals surface area (Å²) < 4.78 is 0. The summed E-state index contributed by atoms with van der Waals surface area (Å²) in [6.45, 7) is 9.71. The molecule has 0 heterocycles. The molecule has 2 heteroatoms. The van der Waals surface area contributed by atoms with E-state index in [1.165, 1.54) is 6.42 Å². The van der Waals surface area contributed by atoms with E-state index < -0.39 is 0 Å². The monoisotopic (exact) mass is 213 g/mol. The molecule has 0 aliphatic heterocycles. The second-order valence-electron chi connectivity index (χ2n) is 5.47. The van der Waals surface area contributed by atoms with Gasteiger partial charge in [0.25, 0.3) is 0 Å². The fraction of sp³-hybridized carbons (Fsp3) is 0.923. The van der Waals surface area contributed by atoms with Crippen LogP contribution in [-0.4, -0.2) is 12.5 Å². The van der Waals surface area contributed by atoms with Crippen molar-refractivity contribution in [2.75, 3.05) is 6.54 Å². The van der Waals surface area contributed by atoms with Gasteiger partial charge in [-0.15, -0.1) is 0 Å². The number of carbonyl (C=O) groups excluding carboxylic acids is 1. The molecule has 0 spiro atoms. The molecule has 0 atom stereocenters. The average molecular weight is 213 g/mol. The molecule has 0 aromatic heterocycles. The molecule has 0 aliphatic rings. The summed E-state index contributed by atoms with van der Waals surface area (Å²) in [5.74, 6) is 0.220. The van der Waals surface area contributed by atoms with E-state index in [-0.39, 0.29) is 5.91 Å². The molecule has 0 radical (unpaired) electrons. The van der Waals surface area contributed by atoms with E-state index in [9.17, 15) is 4.79 Å². The molecule has 0 bridgehead atoms. The summed E-state index contributed by atoms with van der Waals surface area (Å²) in [4.78, 5) is 11.3. The minimum Gasteiger partial charge on any atom is -0.356 e. The molecule has 1 amide bonds. The smallest absolute Gasteiger partial charge is 0.219 e. The Kier molecular flexibility index (Phi) is 7.45. The zero-order chi connectivity index (χ0) is 11.7. The van der Waals surface area contributed by atoms with E-state index in [1.54, 1.807) is 0 Å². The number of hydrogen-bond acceptors (Lipinski definition) is 1. The normalized spacial score (nSPS) is 11.5. The van der Waals surface area contributed by atoms with Gasteiger partial charge in [-0.05, 0) is 24.7 Å². The molecule has 0 unspecified atom stereocenters. The molecule has 0 rings (SSSR count). The maximum atomic E-state index is 11.3. The van der Waals surface area contributed by atoms with Crippen molar-refractivity contribution >= 4 is 5.91 Å². The number of rotatable bonds is 7. The Morgan fingerprint density at radius 1 is 1.13 bits per heavy atom. The number of unbranched alkanes of at least 4 members (excludes halogenated alkanes) is 2. The molecule has 0 saturated carbocycles. The summed E-state index contributed by atoms with van der Waals surface area (Å²) in [5, 5.41) is 2.94. The number of nitrogens with one attached hydrogen (secondary N) is 1. The van der Waals surface area contributed by atoms with Gasteiger partial charge >= 0.3 is 0 Å². The van der Waals surface area contributed by atoms with E-state index in [4.69, 9.17) is 0 Å². The Morgan fingerprint density at radius 2 is 1.80 bits per heavy atom. The highest BCUT2D eigenvalue weighted by molar-refractivity contribution is 5.75. The third-order valence-electron chi connectivity index (χ3n) is 2.43. The summed E-state index contributed by atoms with van der Waals surface area (Å²) in [6.07, 6.45) is 6.31. The zero-order valence-corrected chi connectivity index (χ0v) is 10.9. The van der Waals surface area contributed by atoms with Gasteiger partial charge < -0.3 is 5.32 Å². The SMILES string of the molecule is CCCCNC(=O)CCCCC(C)(C)C. The van der Waals surface area contributed by atoms with Crippen LogP contribution in [-0.2, 0) is 4.79 Å². The molecular formula is C13H27NO. The van der Waals surface area contributed by atoms with Crippen LogP contribution in [0.25, 0.3) is 0 Å². The maximum absolute atomic E-state index is 11.3. The van der Waals surface area contributed by atoms with Crippen molar-refractivity contribution in [1.29, 1.82) is 0 Å². The molecule has 1 N–H and O–H groups in total. The second-order valence-corrected chi connectivity index (χ2v) is 5.47. The first kappa shape index (κ1) is 14.5. The molecular weight excluding hydrogens is 186 g/mol. The standard InChI is InChI=1S/C13H27NO/c1-5-6-11-14-12(15)9-7-8-10-13(2,3)4/h5-11H2,1-4H3,(H,14,15). The summed E-state index contributed by atoms with van der Waals surface area (Å²) in [6, 6.07) is 0. The highest BCUT2D eigenvalue weighted by Gasteiger charge is 2.09. The summed E-state index contributed by atoms with van der Waals surface area (Å²) >= 11 is 0.